The molecular formula is C12H12BrFN2O. The van der Waals surface area contributed by atoms with E-state index in [1.54, 1.807) is 19.9 Å². The van der Waals surface area contributed by atoms with Gasteiger partial charge in [0.2, 0.25) is 0 Å². The van der Waals surface area contributed by atoms with Gasteiger partial charge in [-0.05, 0) is 31.5 Å². The molecule has 0 saturated carbocycles. The molecule has 0 aliphatic rings. The van der Waals surface area contributed by atoms with Gasteiger partial charge < -0.3 is 5.32 Å². The second-order valence-electron chi connectivity index (χ2n) is 3.88. The minimum atomic E-state index is -0.976. The Hall–Kier alpha value is -1.41. The fourth-order valence-corrected chi connectivity index (χ4v) is 1.52. The summed E-state index contributed by atoms with van der Waals surface area (Å²) >= 11 is 3.11. The molecule has 0 heterocycles. The maximum atomic E-state index is 13.5. The SMILES string of the molecule is CC[C@](C)(C#N)NC(=O)c1ccc(Br)cc1F. The largest absolute Gasteiger partial charge is 0.334 e. The van der Waals surface area contributed by atoms with Crippen LogP contribution in [0.4, 0.5) is 4.39 Å². The van der Waals surface area contributed by atoms with Gasteiger partial charge in [-0.15, -0.1) is 0 Å². The van der Waals surface area contributed by atoms with Crippen molar-refractivity contribution in [3.05, 3.63) is 34.1 Å². The maximum Gasteiger partial charge on any atom is 0.255 e. The molecular weight excluding hydrogens is 287 g/mol. The van der Waals surface area contributed by atoms with Crippen molar-refractivity contribution in [1.82, 2.24) is 5.32 Å². The summed E-state index contributed by atoms with van der Waals surface area (Å²) in [5.41, 5.74) is -1.04. The molecule has 1 aromatic carbocycles. The summed E-state index contributed by atoms with van der Waals surface area (Å²) in [6.45, 7) is 3.38. The van der Waals surface area contributed by atoms with E-state index in [4.69, 9.17) is 5.26 Å². The molecule has 0 fully saturated rings. The third-order valence-electron chi connectivity index (χ3n) is 2.52. The highest BCUT2D eigenvalue weighted by Crippen LogP contribution is 2.16. The van der Waals surface area contributed by atoms with Crippen LogP contribution in [0.5, 0.6) is 0 Å². The van der Waals surface area contributed by atoms with Crippen LogP contribution in [0.1, 0.15) is 30.6 Å². The number of hydrogen-bond acceptors (Lipinski definition) is 2. The van der Waals surface area contributed by atoms with Crippen molar-refractivity contribution in [3.63, 3.8) is 0 Å². The van der Waals surface area contributed by atoms with Crippen LogP contribution < -0.4 is 5.32 Å². The number of hydrogen-bond donors (Lipinski definition) is 1. The summed E-state index contributed by atoms with van der Waals surface area (Å²) in [6, 6.07) is 6.16. The highest BCUT2D eigenvalue weighted by atomic mass is 79.9. The van der Waals surface area contributed by atoms with Crippen molar-refractivity contribution in [2.75, 3.05) is 0 Å². The number of nitriles is 1. The van der Waals surface area contributed by atoms with Gasteiger partial charge in [-0.1, -0.05) is 22.9 Å². The van der Waals surface area contributed by atoms with Gasteiger partial charge in [0.15, 0.2) is 0 Å². The van der Waals surface area contributed by atoms with Crippen molar-refractivity contribution in [3.8, 4) is 6.07 Å². The van der Waals surface area contributed by atoms with E-state index in [1.807, 2.05) is 6.07 Å². The van der Waals surface area contributed by atoms with Crippen molar-refractivity contribution in [2.45, 2.75) is 25.8 Å². The van der Waals surface area contributed by atoms with Gasteiger partial charge in [0.05, 0.1) is 11.6 Å². The molecule has 90 valence electrons. The van der Waals surface area contributed by atoms with E-state index < -0.39 is 17.3 Å². The Labute approximate surface area is 108 Å². The molecule has 5 heteroatoms. The van der Waals surface area contributed by atoms with Crippen LogP contribution in [-0.2, 0) is 0 Å². The van der Waals surface area contributed by atoms with E-state index in [0.29, 0.717) is 10.9 Å². The monoisotopic (exact) mass is 298 g/mol. The van der Waals surface area contributed by atoms with Crippen LogP contribution >= 0.6 is 15.9 Å². The van der Waals surface area contributed by atoms with Gasteiger partial charge in [-0.3, -0.25) is 4.79 Å². The molecule has 0 aliphatic heterocycles. The number of amides is 1. The predicted molar refractivity (Wildman–Crippen MR) is 65.9 cm³/mol. The van der Waals surface area contributed by atoms with Crippen LogP contribution in [0.15, 0.2) is 22.7 Å². The number of carbonyl (C=O) groups excluding carboxylic acids is 1. The lowest BCUT2D eigenvalue weighted by Gasteiger charge is -2.21. The van der Waals surface area contributed by atoms with E-state index in [9.17, 15) is 9.18 Å². The fraction of sp³-hybridized carbons (Fsp3) is 0.333. The molecule has 1 amide bonds. The zero-order valence-corrected chi connectivity index (χ0v) is 11.1. The Morgan fingerprint density at radius 2 is 2.29 bits per heavy atom. The molecule has 0 aromatic heterocycles. The molecule has 1 N–H and O–H groups in total. The standard InChI is InChI=1S/C12H12BrFN2O/c1-3-12(2,7-15)16-11(17)9-5-4-8(13)6-10(9)14/h4-6H,3H2,1-2H3,(H,16,17)/t12-/m1/s1. The van der Waals surface area contributed by atoms with E-state index in [1.165, 1.54) is 12.1 Å². The lowest BCUT2D eigenvalue weighted by atomic mass is 10.0. The molecule has 1 rings (SSSR count). The zero-order valence-electron chi connectivity index (χ0n) is 9.55. The third kappa shape index (κ3) is 3.27. The Balaban J connectivity index is 2.95. The first-order valence-electron chi connectivity index (χ1n) is 5.10. The number of rotatable bonds is 3. The molecule has 0 radical (unpaired) electrons. The van der Waals surface area contributed by atoms with E-state index >= 15 is 0 Å². The summed E-state index contributed by atoms with van der Waals surface area (Å²) in [5.74, 6) is -1.20. The number of benzene rings is 1. The number of nitrogens with zero attached hydrogens (tertiary/aromatic N) is 1. The Morgan fingerprint density at radius 3 is 2.76 bits per heavy atom. The molecule has 3 nitrogen and oxygen atoms in total. The predicted octanol–water partition coefficient (Wildman–Crippen LogP) is 3.01. The Morgan fingerprint density at radius 1 is 1.65 bits per heavy atom. The van der Waals surface area contributed by atoms with Crippen molar-refractivity contribution in [2.24, 2.45) is 0 Å². The topological polar surface area (TPSA) is 52.9 Å². The summed E-state index contributed by atoms with van der Waals surface area (Å²) < 4.78 is 14.1. The first-order chi connectivity index (χ1) is 7.91. The summed E-state index contributed by atoms with van der Waals surface area (Å²) in [4.78, 5) is 11.8. The quantitative estimate of drug-likeness (QED) is 0.932. The van der Waals surface area contributed by atoms with Gasteiger partial charge in [0, 0.05) is 4.47 Å². The summed E-state index contributed by atoms with van der Waals surface area (Å²) in [5, 5.41) is 11.4. The number of nitrogens with one attached hydrogen (secondary N) is 1. The first-order valence-corrected chi connectivity index (χ1v) is 5.90. The maximum absolute atomic E-state index is 13.5. The van der Waals surface area contributed by atoms with Crippen LogP contribution in [0.2, 0.25) is 0 Å². The third-order valence-corrected chi connectivity index (χ3v) is 3.01. The average Bonchev–Trinajstić information content (AvgIpc) is 2.28. The van der Waals surface area contributed by atoms with Gasteiger partial charge >= 0.3 is 0 Å². The summed E-state index contributed by atoms with van der Waals surface area (Å²) in [6.07, 6.45) is 0.452. The van der Waals surface area contributed by atoms with Gasteiger partial charge in [0.25, 0.3) is 5.91 Å². The molecule has 17 heavy (non-hydrogen) atoms. The lowest BCUT2D eigenvalue weighted by Crippen LogP contribution is -2.44. The van der Waals surface area contributed by atoms with Gasteiger partial charge in [0.1, 0.15) is 11.4 Å². The highest BCUT2D eigenvalue weighted by Gasteiger charge is 2.25. The molecule has 0 unspecified atom stereocenters. The molecule has 1 aromatic rings. The zero-order chi connectivity index (χ0) is 13.1. The molecule has 0 saturated heterocycles. The van der Waals surface area contributed by atoms with Gasteiger partial charge in [-0.25, -0.2) is 4.39 Å². The van der Waals surface area contributed by atoms with Gasteiger partial charge in [-0.2, -0.15) is 5.26 Å². The van der Waals surface area contributed by atoms with Crippen molar-refractivity contribution >= 4 is 21.8 Å². The molecule has 1 atom stereocenters. The number of halogens is 2. The Kier molecular flexibility index (Phi) is 4.24. The summed E-state index contributed by atoms with van der Waals surface area (Å²) in [7, 11) is 0. The number of carbonyl (C=O) groups is 1. The minimum absolute atomic E-state index is 0.0666. The van der Waals surface area contributed by atoms with E-state index in [0.717, 1.165) is 0 Å². The minimum Gasteiger partial charge on any atom is -0.334 e. The van der Waals surface area contributed by atoms with E-state index in [2.05, 4.69) is 21.2 Å². The Bertz CT molecular complexity index is 484. The molecule has 0 bridgehead atoms. The van der Waals surface area contributed by atoms with Crippen molar-refractivity contribution < 1.29 is 9.18 Å². The highest BCUT2D eigenvalue weighted by molar-refractivity contribution is 9.10. The fourth-order valence-electron chi connectivity index (χ4n) is 1.19. The smallest absolute Gasteiger partial charge is 0.255 e. The molecule has 0 spiro atoms. The van der Waals surface area contributed by atoms with Crippen LogP contribution in [0.3, 0.4) is 0 Å². The molecule has 0 aliphatic carbocycles. The van der Waals surface area contributed by atoms with Crippen LogP contribution in [-0.4, -0.2) is 11.4 Å². The second-order valence-corrected chi connectivity index (χ2v) is 4.79. The van der Waals surface area contributed by atoms with E-state index in [-0.39, 0.29) is 5.56 Å². The van der Waals surface area contributed by atoms with Crippen molar-refractivity contribution in [1.29, 1.82) is 5.26 Å². The lowest BCUT2D eigenvalue weighted by molar-refractivity contribution is 0.0919. The average molecular weight is 299 g/mol. The first kappa shape index (κ1) is 13.7. The van der Waals surface area contributed by atoms with Crippen LogP contribution in [0.25, 0.3) is 0 Å². The van der Waals surface area contributed by atoms with Crippen LogP contribution in [0, 0.1) is 17.1 Å². The second kappa shape index (κ2) is 5.28. The normalized spacial score (nSPS) is 13.6.